The molecule has 0 spiro atoms. The van der Waals surface area contributed by atoms with Crippen LogP contribution >= 0.6 is 0 Å². The van der Waals surface area contributed by atoms with Crippen LogP contribution in [0.25, 0.3) is 0 Å². The minimum atomic E-state index is -0.496. The maximum absolute atomic E-state index is 12.3. The maximum atomic E-state index is 12.3. The highest BCUT2D eigenvalue weighted by atomic mass is 16.5. The number of ether oxygens (including phenoxy) is 2. The van der Waals surface area contributed by atoms with Crippen LogP contribution in [0.15, 0.2) is 0 Å². The molecule has 122 valence electrons. The van der Waals surface area contributed by atoms with Crippen LogP contribution < -0.4 is 5.32 Å². The Labute approximate surface area is 128 Å². The zero-order chi connectivity index (χ0) is 15.5. The molecule has 2 rings (SSSR count). The lowest BCUT2D eigenvalue weighted by molar-refractivity contribution is -0.149. The maximum Gasteiger partial charge on any atom is 0.326 e. The highest BCUT2D eigenvalue weighted by Gasteiger charge is 2.49. The van der Waals surface area contributed by atoms with E-state index in [1.54, 1.807) is 0 Å². The van der Waals surface area contributed by atoms with E-state index in [4.69, 9.17) is 9.47 Å². The molecule has 21 heavy (non-hydrogen) atoms. The molecule has 1 aliphatic heterocycles. The Hall–Kier alpha value is -0.650. The Balaban J connectivity index is 2.10. The van der Waals surface area contributed by atoms with E-state index in [0.29, 0.717) is 6.04 Å². The number of carbonyl (C=O) groups is 1. The second-order valence-corrected chi connectivity index (χ2v) is 6.96. The first-order valence-corrected chi connectivity index (χ1v) is 8.13. The highest BCUT2D eigenvalue weighted by molar-refractivity contribution is 5.81. The molecule has 0 aromatic carbocycles. The number of esters is 1. The summed E-state index contributed by atoms with van der Waals surface area (Å²) in [7, 11) is 1.49. The Bertz CT molecular complexity index is 373. The van der Waals surface area contributed by atoms with Gasteiger partial charge in [0.25, 0.3) is 0 Å². The van der Waals surface area contributed by atoms with Gasteiger partial charge < -0.3 is 14.8 Å². The fourth-order valence-electron chi connectivity index (χ4n) is 3.81. The van der Waals surface area contributed by atoms with Gasteiger partial charge in [-0.1, -0.05) is 6.92 Å². The predicted molar refractivity (Wildman–Crippen MR) is 82.3 cm³/mol. The normalized spacial score (nSPS) is 33.0. The van der Waals surface area contributed by atoms with Crippen molar-refractivity contribution in [3.63, 3.8) is 0 Å². The second-order valence-electron chi connectivity index (χ2n) is 6.96. The summed E-state index contributed by atoms with van der Waals surface area (Å²) in [4.78, 5) is 14.8. The monoisotopic (exact) mass is 298 g/mol. The summed E-state index contributed by atoms with van der Waals surface area (Å²) in [5, 5.41) is 3.46. The number of morpholine rings is 1. The number of nitrogens with one attached hydrogen (secondary N) is 1. The number of carbonyl (C=O) groups excluding carboxylic acids is 1. The SMILES string of the molecule is CCCNC1(C(=O)OC)CCC(N2CCOCC2(C)C)C1. The van der Waals surface area contributed by atoms with E-state index in [1.807, 2.05) is 0 Å². The minimum absolute atomic E-state index is 0.0415. The van der Waals surface area contributed by atoms with Crippen molar-refractivity contribution in [3.05, 3.63) is 0 Å². The summed E-state index contributed by atoms with van der Waals surface area (Å²) in [5.74, 6) is -0.107. The van der Waals surface area contributed by atoms with Crippen molar-refractivity contribution in [2.45, 2.75) is 63.6 Å². The Morgan fingerprint density at radius 1 is 1.48 bits per heavy atom. The lowest BCUT2D eigenvalue weighted by Gasteiger charge is -2.46. The van der Waals surface area contributed by atoms with E-state index >= 15 is 0 Å². The van der Waals surface area contributed by atoms with Gasteiger partial charge in [-0.3, -0.25) is 9.69 Å². The van der Waals surface area contributed by atoms with Crippen molar-refractivity contribution < 1.29 is 14.3 Å². The molecule has 2 aliphatic rings. The molecule has 0 amide bonds. The van der Waals surface area contributed by atoms with Crippen LogP contribution in [0.3, 0.4) is 0 Å². The van der Waals surface area contributed by atoms with Crippen LogP contribution in [-0.2, 0) is 14.3 Å². The molecule has 0 bridgehead atoms. The third-order valence-corrected chi connectivity index (χ3v) is 4.93. The fourth-order valence-corrected chi connectivity index (χ4v) is 3.81. The predicted octanol–water partition coefficient (Wildman–Crippen LogP) is 1.56. The number of nitrogens with zero attached hydrogens (tertiary/aromatic N) is 1. The van der Waals surface area contributed by atoms with Gasteiger partial charge in [0.1, 0.15) is 5.54 Å². The number of hydrogen-bond donors (Lipinski definition) is 1. The molecule has 0 aromatic heterocycles. The average Bonchev–Trinajstić information content (AvgIpc) is 2.89. The summed E-state index contributed by atoms with van der Waals surface area (Å²) in [6.07, 6.45) is 3.75. The van der Waals surface area contributed by atoms with Crippen molar-refractivity contribution in [2.24, 2.45) is 0 Å². The van der Waals surface area contributed by atoms with E-state index in [0.717, 1.165) is 52.0 Å². The van der Waals surface area contributed by atoms with Gasteiger partial charge in [-0.25, -0.2) is 0 Å². The summed E-state index contributed by atoms with van der Waals surface area (Å²) in [6, 6.07) is 0.423. The van der Waals surface area contributed by atoms with Gasteiger partial charge in [-0.2, -0.15) is 0 Å². The lowest BCUT2D eigenvalue weighted by Crippen LogP contribution is -2.58. The molecule has 5 nitrogen and oxygen atoms in total. The Morgan fingerprint density at radius 2 is 2.24 bits per heavy atom. The van der Waals surface area contributed by atoms with Gasteiger partial charge in [0.05, 0.1) is 20.3 Å². The van der Waals surface area contributed by atoms with E-state index in [2.05, 4.69) is 31.0 Å². The third kappa shape index (κ3) is 3.41. The molecule has 1 heterocycles. The van der Waals surface area contributed by atoms with E-state index in [-0.39, 0.29) is 11.5 Å². The minimum Gasteiger partial charge on any atom is -0.468 e. The first kappa shape index (κ1) is 16.7. The molecule has 1 saturated heterocycles. The zero-order valence-corrected chi connectivity index (χ0v) is 13.9. The van der Waals surface area contributed by atoms with Crippen LogP contribution in [0.1, 0.15) is 46.5 Å². The molecular formula is C16H30N2O3. The molecule has 1 saturated carbocycles. The zero-order valence-electron chi connectivity index (χ0n) is 13.9. The molecule has 0 aromatic rings. The molecule has 1 N–H and O–H groups in total. The van der Waals surface area contributed by atoms with Crippen LogP contribution in [0.5, 0.6) is 0 Å². The van der Waals surface area contributed by atoms with Crippen molar-refractivity contribution >= 4 is 5.97 Å². The van der Waals surface area contributed by atoms with Gasteiger partial charge in [-0.05, 0) is 46.1 Å². The molecule has 2 fully saturated rings. The standard InChI is InChI=1S/C16H30N2O3/c1-5-8-17-16(14(19)20-4)7-6-13(11-16)18-9-10-21-12-15(18,2)3/h13,17H,5-12H2,1-4H3. The molecule has 2 unspecified atom stereocenters. The first-order chi connectivity index (χ1) is 9.95. The van der Waals surface area contributed by atoms with E-state index in [1.165, 1.54) is 7.11 Å². The van der Waals surface area contributed by atoms with E-state index in [9.17, 15) is 4.79 Å². The summed E-state index contributed by atoms with van der Waals surface area (Å²) < 4.78 is 10.7. The van der Waals surface area contributed by atoms with Crippen molar-refractivity contribution in [1.82, 2.24) is 10.2 Å². The van der Waals surface area contributed by atoms with Crippen molar-refractivity contribution in [1.29, 1.82) is 0 Å². The quantitative estimate of drug-likeness (QED) is 0.781. The third-order valence-electron chi connectivity index (χ3n) is 4.93. The Morgan fingerprint density at radius 3 is 2.86 bits per heavy atom. The first-order valence-electron chi connectivity index (χ1n) is 8.13. The van der Waals surface area contributed by atoms with Gasteiger partial charge >= 0.3 is 5.97 Å². The van der Waals surface area contributed by atoms with Crippen LogP contribution in [-0.4, -0.2) is 61.4 Å². The summed E-state index contributed by atoms with van der Waals surface area (Å²) in [6.45, 7) is 9.92. The molecule has 5 heteroatoms. The smallest absolute Gasteiger partial charge is 0.326 e. The number of hydrogen-bond acceptors (Lipinski definition) is 5. The van der Waals surface area contributed by atoms with Crippen LogP contribution in [0.2, 0.25) is 0 Å². The van der Waals surface area contributed by atoms with E-state index < -0.39 is 5.54 Å². The van der Waals surface area contributed by atoms with Gasteiger partial charge in [0.15, 0.2) is 0 Å². The van der Waals surface area contributed by atoms with Gasteiger partial charge in [0.2, 0.25) is 0 Å². The highest BCUT2D eigenvalue weighted by Crippen LogP contribution is 2.37. The fraction of sp³-hybridized carbons (Fsp3) is 0.938. The Kier molecular flexibility index (Phi) is 5.28. The summed E-state index contributed by atoms with van der Waals surface area (Å²) >= 11 is 0. The second kappa shape index (κ2) is 6.63. The largest absolute Gasteiger partial charge is 0.468 e. The number of rotatable bonds is 5. The molecule has 2 atom stereocenters. The van der Waals surface area contributed by atoms with Crippen molar-refractivity contribution in [3.8, 4) is 0 Å². The van der Waals surface area contributed by atoms with Crippen LogP contribution in [0, 0.1) is 0 Å². The lowest BCUT2D eigenvalue weighted by atomic mass is 9.94. The summed E-state index contributed by atoms with van der Waals surface area (Å²) in [5.41, 5.74) is -0.455. The van der Waals surface area contributed by atoms with Crippen LogP contribution in [0.4, 0.5) is 0 Å². The molecular weight excluding hydrogens is 268 g/mol. The van der Waals surface area contributed by atoms with Crippen molar-refractivity contribution in [2.75, 3.05) is 33.4 Å². The molecule has 0 radical (unpaired) electrons. The molecule has 1 aliphatic carbocycles. The average molecular weight is 298 g/mol. The topological polar surface area (TPSA) is 50.8 Å². The van der Waals surface area contributed by atoms with Gasteiger partial charge in [0, 0.05) is 18.1 Å². The van der Waals surface area contributed by atoms with Gasteiger partial charge in [-0.15, -0.1) is 0 Å². The number of methoxy groups -OCH3 is 1.